The normalized spacial score (nSPS) is 18.5. The molecule has 2 aliphatic rings. The fraction of sp³-hybridized carbons (Fsp3) is 0.368. The number of hydrogen-bond donors (Lipinski definition) is 1. The summed E-state index contributed by atoms with van der Waals surface area (Å²) >= 11 is 0. The number of aromatic nitrogens is 1. The molecule has 0 unspecified atom stereocenters. The van der Waals surface area contributed by atoms with Gasteiger partial charge in [-0.15, -0.1) is 0 Å². The Morgan fingerprint density at radius 2 is 1.89 bits per heavy atom. The van der Waals surface area contributed by atoms with Crippen molar-refractivity contribution in [2.45, 2.75) is 18.4 Å². The minimum absolute atomic E-state index is 0.140. The Morgan fingerprint density at radius 1 is 1.21 bits per heavy atom. The molecule has 1 aromatic carbocycles. The first-order valence-electron chi connectivity index (χ1n) is 8.94. The zero-order valence-corrected chi connectivity index (χ0v) is 15.6. The van der Waals surface area contributed by atoms with Gasteiger partial charge in [0.15, 0.2) is 0 Å². The first-order chi connectivity index (χ1) is 13.4. The maximum Gasteiger partial charge on any atom is 0.324 e. The van der Waals surface area contributed by atoms with E-state index in [1.54, 1.807) is 30.2 Å². The highest BCUT2D eigenvalue weighted by Gasteiger charge is 2.51. The van der Waals surface area contributed by atoms with E-state index in [9.17, 15) is 14.4 Å². The summed E-state index contributed by atoms with van der Waals surface area (Å²) in [7, 11) is 3.05. The Bertz CT molecular complexity index is 928. The van der Waals surface area contributed by atoms with E-state index in [1.807, 2.05) is 12.1 Å². The van der Waals surface area contributed by atoms with E-state index in [1.165, 1.54) is 7.05 Å². The van der Waals surface area contributed by atoms with Crippen molar-refractivity contribution < 1.29 is 23.6 Å². The van der Waals surface area contributed by atoms with E-state index in [-0.39, 0.29) is 17.6 Å². The summed E-state index contributed by atoms with van der Waals surface area (Å²) < 4.78 is 10.4. The number of nitrogens with zero attached hydrogens (tertiary/aromatic N) is 3. The zero-order chi connectivity index (χ0) is 19.9. The van der Waals surface area contributed by atoms with Crippen LogP contribution in [0.3, 0.4) is 0 Å². The van der Waals surface area contributed by atoms with Crippen molar-refractivity contribution in [3.05, 3.63) is 36.1 Å². The number of rotatable bonds is 3. The second-order valence-electron chi connectivity index (χ2n) is 6.97. The van der Waals surface area contributed by atoms with E-state index >= 15 is 0 Å². The summed E-state index contributed by atoms with van der Waals surface area (Å²) in [4.78, 5) is 39.6. The molecule has 0 bridgehead atoms. The van der Waals surface area contributed by atoms with Crippen LogP contribution in [0, 0.1) is 0 Å². The van der Waals surface area contributed by atoms with Crippen LogP contribution in [0.2, 0.25) is 0 Å². The number of methoxy groups -OCH3 is 1. The molecule has 0 atom stereocenters. The number of ether oxygens (including phenoxy) is 1. The van der Waals surface area contributed by atoms with Crippen LogP contribution in [0.4, 0.5) is 4.79 Å². The average Bonchev–Trinajstić information content (AvgIpc) is 3.29. The van der Waals surface area contributed by atoms with Crippen LogP contribution in [0.15, 0.2) is 34.9 Å². The summed E-state index contributed by atoms with van der Waals surface area (Å²) in [5.41, 5.74) is 0.459. The van der Waals surface area contributed by atoms with E-state index in [4.69, 9.17) is 9.26 Å². The van der Waals surface area contributed by atoms with Gasteiger partial charge in [0.1, 0.15) is 17.0 Å². The molecule has 0 radical (unpaired) electrons. The van der Waals surface area contributed by atoms with E-state index in [0.29, 0.717) is 31.6 Å². The Morgan fingerprint density at radius 3 is 2.46 bits per heavy atom. The van der Waals surface area contributed by atoms with Gasteiger partial charge in [-0.2, -0.15) is 0 Å². The number of carbonyl (C=O) groups is 3. The fourth-order valence-corrected chi connectivity index (χ4v) is 3.62. The number of likely N-dealkylation sites (N-methyl/N-ethyl adjacent to an activating group) is 1. The highest BCUT2D eigenvalue weighted by Crippen LogP contribution is 2.30. The first-order valence-corrected chi connectivity index (χ1v) is 8.94. The van der Waals surface area contributed by atoms with Crippen molar-refractivity contribution in [1.82, 2.24) is 20.3 Å². The highest BCUT2D eigenvalue weighted by molar-refractivity contribution is 6.07. The lowest BCUT2D eigenvalue weighted by Gasteiger charge is -2.36. The third-order valence-electron chi connectivity index (χ3n) is 5.38. The lowest BCUT2D eigenvalue weighted by molar-refractivity contribution is -0.131. The molecule has 4 rings (SSSR count). The van der Waals surface area contributed by atoms with Crippen LogP contribution in [0.5, 0.6) is 5.75 Å². The molecule has 0 saturated carbocycles. The number of hydrogen-bond acceptors (Lipinski definition) is 6. The standard InChI is InChI=1S/C19H20N4O5/c1-22-17(25)19(20-18(22)26)7-9-23(10-8-19)16(24)15-11-14(21-28-15)12-3-5-13(27-2)6-4-12/h3-6,11H,7-10H2,1-2H3,(H,20,26). The molecule has 28 heavy (non-hydrogen) atoms. The number of piperidine rings is 1. The van der Waals surface area contributed by atoms with E-state index in [2.05, 4.69) is 10.5 Å². The number of carbonyl (C=O) groups excluding carboxylic acids is 3. The molecule has 1 spiro atoms. The zero-order valence-electron chi connectivity index (χ0n) is 15.6. The molecule has 2 saturated heterocycles. The van der Waals surface area contributed by atoms with Gasteiger partial charge in [0, 0.05) is 31.8 Å². The molecule has 4 amide bonds. The first kappa shape index (κ1) is 18.0. The molecule has 3 heterocycles. The van der Waals surface area contributed by atoms with Gasteiger partial charge in [-0.05, 0) is 37.1 Å². The van der Waals surface area contributed by atoms with Gasteiger partial charge in [0.25, 0.3) is 11.8 Å². The van der Waals surface area contributed by atoms with Crippen molar-refractivity contribution in [2.24, 2.45) is 0 Å². The van der Waals surface area contributed by atoms with Crippen LogP contribution in [0.1, 0.15) is 23.4 Å². The summed E-state index contributed by atoms with van der Waals surface area (Å²) in [6, 6.07) is 8.48. The van der Waals surface area contributed by atoms with Gasteiger partial charge in [-0.1, -0.05) is 5.16 Å². The van der Waals surface area contributed by atoms with Crippen molar-refractivity contribution in [1.29, 1.82) is 0 Å². The van der Waals surface area contributed by atoms with Crippen LogP contribution < -0.4 is 10.1 Å². The van der Waals surface area contributed by atoms with Gasteiger partial charge in [0.2, 0.25) is 5.76 Å². The summed E-state index contributed by atoms with van der Waals surface area (Å²) in [5, 5.41) is 6.74. The van der Waals surface area contributed by atoms with Gasteiger partial charge >= 0.3 is 6.03 Å². The van der Waals surface area contributed by atoms with Gasteiger partial charge in [0.05, 0.1) is 7.11 Å². The quantitative estimate of drug-likeness (QED) is 0.804. The topological polar surface area (TPSA) is 105 Å². The SMILES string of the molecule is COc1ccc(-c2cc(C(=O)N3CCC4(CC3)NC(=O)N(C)C4=O)on2)cc1. The molecule has 0 aliphatic carbocycles. The van der Waals surface area contributed by atoms with Crippen molar-refractivity contribution in [2.75, 3.05) is 27.2 Å². The summed E-state index contributed by atoms with van der Waals surface area (Å²) in [5.74, 6) is 0.337. The van der Waals surface area contributed by atoms with Crippen molar-refractivity contribution in [3.8, 4) is 17.0 Å². The average molecular weight is 384 g/mol. The molecule has 1 aromatic heterocycles. The van der Waals surface area contributed by atoms with Crippen LogP contribution in [-0.2, 0) is 4.79 Å². The number of nitrogens with one attached hydrogen (secondary N) is 1. The predicted octanol–water partition coefficient (Wildman–Crippen LogP) is 1.51. The number of imide groups is 1. The van der Waals surface area contributed by atoms with Gasteiger partial charge in [-0.3, -0.25) is 14.5 Å². The number of amides is 4. The smallest absolute Gasteiger partial charge is 0.324 e. The molecule has 2 aromatic rings. The molecule has 2 aliphatic heterocycles. The summed E-state index contributed by atoms with van der Waals surface area (Å²) in [6.45, 7) is 0.689. The monoisotopic (exact) mass is 384 g/mol. The lowest BCUT2D eigenvalue weighted by atomic mass is 9.87. The minimum atomic E-state index is -0.904. The second-order valence-corrected chi connectivity index (χ2v) is 6.97. The molecular formula is C19H20N4O5. The molecular weight excluding hydrogens is 364 g/mol. The maximum atomic E-state index is 12.7. The fourth-order valence-electron chi connectivity index (χ4n) is 3.62. The van der Waals surface area contributed by atoms with Crippen LogP contribution in [-0.4, -0.2) is 65.6 Å². The predicted molar refractivity (Wildman–Crippen MR) is 97.7 cm³/mol. The maximum absolute atomic E-state index is 12.7. The molecule has 1 N–H and O–H groups in total. The Labute approximate surface area is 161 Å². The molecule has 146 valence electrons. The number of benzene rings is 1. The highest BCUT2D eigenvalue weighted by atomic mass is 16.5. The van der Waals surface area contributed by atoms with Gasteiger partial charge < -0.3 is 19.5 Å². The van der Waals surface area contributed by atoms with Crippen LogP contribution >= 0.6 is 0 Å². The van der Waals surface area contributed by atoms with Crippen LogP contribution in [0.25, 0.3) is 11.3 Å². The third kappa shape index (κ3) is 2.88. The largest absolute Gasteiger partial charge is 0.497 e. The number of urea groups is 1. The second kappa shape index (κ2) is 6.66. The minimum Gasteiger partial charge on any atom is -0.497 e. The van der Waals surface area contributed by atoms with E-state index < -0.39 is 11.6 Å². The Balaban J connectivity index is 1.44. The van der Waals surface area contributed by atoms with E-state index in [0.717, 1.165) is 16.2 Å². The Hall–Kier alpha value is -3.36. The molecule has 2 fully saturated rings. The molecule has 9 nitrogen and oxygen atoms in total. The van der Waals surface area contributed by atoms with Crippen molar-refractivity contribution >= 4 is 17.8 Å². The third-order valence-corrected chi connectivity index (χ3v) is 5.38. The number of likely N-dealkylation sites (tertiary alicyclic amines) is 1. The lowest BCUT2D eigenvalue weighted by Crippen LogP contribution is -2.55. The Kier molecular flexibility index (Phi) is 4.29. The molecule has 9 heteroatoms. The summed E-state index contributed by atoms with van der Waals surface area (Å²) in [6.07, 6.45) is 0.736. The van der Waals surface area contributed by atoms with Crippen molar-refractivity contribution in [3.63, 3.8) is 0 Å². The van der Waals surface area contributed by atoms with Gasteiger partial charge in [-0.25, -0.2) is 4.79 Å².